The summed E-state index contributed by atoms with van der Waals surface area (Å²) in [6.45, 7) is 1.72. The number of halogens is 3. The van der Waals surface area contributed by atoms with Crippen LogP contribution in [-0.4, -0.2) is 22.0 Å². The van der Waals surface area contributed by atoms with E-state index in [1.54, 1.807) is 6.92 Å². The van der Waals surface area contributed by atoms with Crippen LogP contribution in [0.5, 0.6) is 11.5 Å². The highest BCUT2D eigenvalue weighted by molar-refractivity contribution is 6.32. The van der Waals surface area contributed by atoms with Gasteiger partial charge in [-0.15, -0.1) is 0 Å². The van der Waals surface area contributed by atoms with Gasteiger partial charge in [-0.1, -0.05) is 23.2 Å². The van der Waals surface area contributed by atoms with E-state index in [1.165, 1.54) is 42.6 Å². The predicted molar refractivity (Wildman–Crippen MR) is 107 cm³/mol. The Labute approximate surface area is 174 Å². The van der Waals surface area contributed by atoms with E-state index >= 15 is 0 Å². The molecule has 29 heavy (non-hydrogen) atoms. The molecule has 0 spiro atoms. The molecule has 1 amide bonds. The molecule has 148 valence electrons. The summed E-state index contributed by atoms with van der Waals surface area (Å²) in [6, 6.07) is 9.26. The summed E-state index contributed by atoms with van der Waals surface area (Å²) in [5.41, 5.74) is 0.919. The van der Waals surface area contributed by atoms with Crippen molar-refractivity contribution in [2.45, 2.75) is 6.92 Å². The molecule has 0 unspecified atom stereocenters. The van der Waals surface area contributed by atoms with E-state index < -0.39 is 17.7 Å². The minimum absolute atomic E-state index is 0.0292. The molecule has 0 saturated carbocycles. The van der Waals surface area contributed by atoms with Gasteiger partial charge in [0.15, 0.2) is 0 Å². The number of nitrogens with zero attached hydrogens (tertiary/aromatic N) is 1. The van der Waals surface area contributed by atoms with Gasteiger partial charge in [-0.3, -0.25) is 4.79 Å². The lowest BCUT2D eigenvalue weighted by Gasteiger charge is -2.14. The monoisotopic (exact) mass is 434 g/mol. The highest BCUT2D eigenvalue weighted by atomic mass is 35.5. The lowest BCUT2D eigenvalue weighted by molar-refractivity contribution is 0.0690. The Balaban J connectivity index is 1.92. The number of anilines is 1. The summed E-state index contributed by atoms with van der Waals surface area (Å²) in [4.78, 5) is 27.4. The molecule has 0 aliphatic heterocycles. The molecular weight excluding hydrogens is 422 g/mol. The van der Waals surface area contributed by atoms with E-state index in [4.69, 9.17) is 33.0 Å². The van der Waals surface area contributed by atoms with E-state index in [0.29, 0.717) is 16.3 Å². The van der Waals surface area contributed by atoms with Gasteiger partial charge in [0.25, 0.3) is 5.91 Å². The number of carbonyl (C=O) groups is 2. The topological polar surface area (TPSA) is 88.5 Å². The van der Waals surface area contributed by atoms with Crippen molar-refractivity contribution in [3.63, 3.8) is 0 Å². The van der Waals surface area contributed by atoms with Crippen LogP contribution in [0.2, 0.25) is 10.0 Å². The average molecular weight is 435 g/mol. The van der Waals surface area contributed by atoms with Crippen molar-refractivity contribution in [2.75, 3.05) is 5.32 Å². The van der Waals surface area contributed by atoms with Crippen molar-refractivity contribution in [1.82, 2.24) is 4.98 Å². The van der Waals surface area contributed by atoms with Crippen LogP contribution in [0.4, 0.5) is 10.1 Å². The Hall–Kier alpha value is -3.16. The largest absolute Gasteiger partial charge is 0.477 e. The number of hydrogen-bond acceptors (Lipinski definition) is 4. The fourth-order valence-corrected chi connectivity index (χ4v) is 2.75. The zero-order chi connectivity index (χ0) is 21.1. The van der Waals surface area contributed by atoms with E-state index in [-0.39, 0.29) is 27.8 Å². The number of carboxylic acids is 1. The molecule has 3 aromatic rings. The average Bonchev–Trinajstić information content (AvgIpc) is 2.67. The van der Waals surface area contributed by atoms with Gasteiger partial charge in [0.05, 0.1) is 22.5 Å². The van der Waals surface area contributed by atoms with Gasteiger partial charge in [-0.2, -0.15) is 0 Å². The summed E-state index contributed by atoms with van der Waals surface area (Å²) in [5.74, 6) is -1.98. The Kier molecular flexibility index (Phi) is 6.00. The highest BCUT2D eigenvalue weighted by Gasteiger charge is 2.18. The first kappa shape index (κ1) is 20.6. The molecule has 2 aromatic carbocycles. The predicted octanol–water partition coefficient (Wildman–Crippen LogP) is 5.58. The Morgan fingerprint density at radius 1 is 1.07 bits per heavy atom. The molecule has 0 aliphatic carbocycles. The van der Waals surface area contributed by atoms with E-state index in [0.717, 1.165) is 6.07 Å². The first-order chi connectivity index (χ1) is 13.7. The summed E-state index contributed by atoms with van der Waals surface area (Å²) in [7, 11) is 0. The van der Waals surface area contributed by atoms with Crippen LogP contribution in [-0.2, 0) is 0 Å². The Morgan fingerprint density at radius 2 is 1.83 bits per heavy atom. The van der Waals surface area contributed by atoms with Gasteiger partial charge in [0, 0.05) is 11.1 Å². The van der Waals surface area contributed by atoms with E-state index in [2.05, 4.69) is 10.3 Å². The maximum Gasteiger partial charge on any atom is 0.354 e. The number of nitrogens with one attached hydrogen (secondary N) is 1. The first-order valence-electron chi connectivity index (χ1n) is 8.18. The van der Waals surface area contributed by atoms with Gasteiger partial charge < -0.3 is 15.2 Å². The lowest BCUT2D eigenvalue weighted by Crippen LogP contribution is -2.14. The lowest BCUT2D eigenvalue weighted by atomic mass is 10.1. The number of carboxylic acid groups (broad SMARTS) is 1. The molecule has 0 saturated heterocycles. The molecule has 0 aliphatic rings. The van der Waals surface area contributed by atoms with E-state index in [1.807, 2.05) is 0 Å². The Bertz CT molecular complexity index is 1100. The molecule has 1 heterocycles. The fourth-order valence-electron chi connectivity index (χ4n) is 2.39. The number of ether oxygens (including phenoxy) is 1. The number of carbonyl (C=O) groups excluding carboxylic acids is 1. The van der Waals surface area contributed by atoms with Crippen molar-refractivity contribution < 1.29 is 23.8 Å². The van der Waals surface area contributed by atoms with Gasteiger partial charge >= 0.3 is 5.97 Å². The quantitative estimate of drug-likeness (QED) is 0.547. The third-order valence-electron chi connectivity index (χ3n) is 3.86. The smallest absolute Gasteiger partial charge is 0.354 e. The zero-order valence-corrected chi connectivity index (χ0v) is 16.4. The number of amides is 1. The number of aromatic carboxylic acids is 1. The minimum atomic E-state index is -1.18. The first-order valence-corrected chi connectivity index (χ1v) is 8.94. The van der Waals surface area contributed by atoms with Gasteiger partial charge in [0.2, 0.25) is 0 Å². The molecule has 0 radical (unpaired) electrons. The normalized spacial score (nSPS) is 10.5. The Morgan fingerprint density at radius 3 is 2.45 bits per heavy atom. The highest BCUT2D eigenvalue weighted by Crippen LogP contribution is 2.35. The van der Waals surface area contributed by atoms with Crippen LogP contribution >= 0.6 is 23.2 Å². The SMILES string of the molecule is Cc1cc(C(=O)Nc2ccc(C(=O)O)nc2)c(Oc2ccc(F)cc2Cl)cc1Cl. The zero-order valence-electron chi connectivity index (χ0n) is 14.9. The van der Waals surface area contributed by atoms with Crippen molar-refractivity contribution in [3.05, 3.63) is 81.3 Å². The van der Waals surface area contributed by atoms with Crippen LogP contribution < -0.4 is 10.1 Å². The maximum absolute atomic E-state index is 13.3. The van der Waals surface area contributed by atoms with Gasteiger partial charge in [-0.25, -0.2) is 14.2 Å². The van der Waals surface area contributed by atoms with Crippen LogP contribution in [0.1, 0.15) is 26.4 Å². The van der Waals surface area contributed by atoms with Crippen LogP contribution in [0.25, 0.3) is 0 Å². The third-order valence-corrected chi connectivity index (χ3v) is 4.56. The van der Waals surface area contributed by atoms with Crippen LogP contribution in [0.3, 0.4) is 0 Å². The molecular formula is C20H13Cl2FN2O4. The second-order valence-corrected chi connectivity index (χ2v) is 6.78. The number of rotatable bonds is 5. The molecule has 1 aromatic heterocycles. The maximum atomic E-state index is 13.3. The molecule has 3 rings (SSSR count). The van der Waals surface area contributed by atoms with Crippen molar-refractivity contribution in [3.8, 4) is 11.5 Å². The number of hydrogen-bond donors (Lipinski definition) is 2. The number of benzene rings is 2. The number of aromatic nitrogens is 1. The number of aryl methyl sites for hydroxylation is 1. The van der Waals surface area contributed by atoms with Gasteiger partial charge in [-0.05, 0) is 48.9 Å². The fraction of sp³-hybridized carbons (Fsp3) is 0.0500. The summed E-state index contributed by atoms with van der Waals surface area (Å²) < 4.78 is 19.0. The van der Waals surface area contributed by atoms with Crippen LogP contribution in [0, 0.1) is 12.7 Å². The molecule has 0 atom stereocenters. The summed E-state index contributed by atoms with van der Waals surface area (Å²) >= 11 is 12.2. The van der Waals surface area contributed by atoms with Crippen LogP contribution in [0.15, 0.2) is 48.7 Å². The van der Waals surface area contributed by atoms with E-state index in [9.17, 15) is 14.0 Å². The number of pyridine rings is 1. The molecule has 2 N–H and O–H groups in total. The summed E-state index contributed by atoms with van der Waals surface area (Å²) in [5, 5.41) is 11.9. The van der Waals surface area contributed by atoms with Crippen molar-refractivity contribution in [1.29, 1.82) is 0 Å². The molecule has 0 fully saturated rings. The second kappa shape index (κ2) is 8.46. The van der Waals surface area contributed by atoms with Crippen molar-refractivity contribution in [2.24, 2.45) is 0 Å². The second-order valence-electron chi connectivity index (χ2n) is 5.97. The third kappa shape index (κ3) is 4.82. The molecule has 9 heteroatoms. The molecule has 6 nitrogen and oxygen atoms in total. The standard InChI is InChI=1S/C20H13Cl2FN2O4/c1-10-6-13(19(26)25-12-3-4-16(20(27)28)24-9-12)18(8-14(10)21)29-17-5-2-11(23)7-15(17)22/h2-9H,1H3,(H,25,26)(H,27,28). The van der Waals surface area contributed by atoms with Gasteiger partial charge in [0.1, 0.15) is 23.0 Å². The minimum Gasteiger partial charge on any atom is -0.477 e. The molecule has 0 bridgehead atoms. The summed E-state index contributed by atoms with van der Waals surface area (Å²) in [6.07, 6.45) is 1.22. The van der Waals surface area contributed by atoms with Crippen molar-refractivity contribution >= 4 is 40.8 Å².